The van der Waals surface area contributed by atoms with Gasteiger partial charge < -0.3 is 4.52 Å². The smallest absolute Gasteiger partial charge is 0.334 e. The second kappa shape index (κ2) is 13.9. The minimum atomic E-state index is -0.604. The zero-order valence-electron chi connectivity index (χ0n) is 24.9. The van der Waals surface area contributed by atoms with Crippen LogP contribution in [0.3, 0.4) is 0 Å². The molecule has 1 N–H and O–H groups in total. The molecule has 1 radical (unpaired) electrons. The third-order valence-corrected chi connectivity index (χ3v) is 7.36. The van der Waals surface area contributed by atoms with E-state index in [1.54, 1.807) is 4.57 Å². The summed E-state index contributed by atoms with van der Waals surface area (Å²) in [5.74, 6) is 1.20. The van der Waals surface area contributed by atoms with Crippen LogP contribution in [0.15, 0.2) is 97.5 Å². The first-order valence-electron chi connectivity index (χ1n) is 14.2. The maximum Gasteiger partial charge on any atom is 0.439 e. The molecule has 0 aliphatic heterocycles. The predicted molar refractivity (Wildman–Crippen MR) is 167 cm³/mol. The zero-order valence-corrected chi connectivity index (χ0v) is 26.9. The van der Waals surface area contributed by atoms with Crippen molar-refractivity contribution < 1.29 is 9.05 Å². The third-order valence-electron chi connectivity index (χ3n) is 7.36. The van der Waals surface area contributed by atoms with E-state index in [1.807, 2.05) is 85.8 Å². The summed E-state index contributed by atoms with van der Waals surface area (Å²) in [6.45, 7) is 4.13. The predicted octanol–water partition coefficient (Wildman–Crippen LogP) is 5.21. The second-order valence-corrected chi connectivity index (χ2v) is 10.3. The molecule has 10 nitrogen and oxygen atoms in total. The van der Waals surface area contributed by atoms with Crippen molar-refractivity contribution >= 4 is 29.6 Å². The molecule has 0 bridgehead atoms. The molecule has 44 heavy (non-hydrogen) atoms. The number of nitrogens with zero attached hydrogens (tertiary/aromatic N) is 5. The monoisotopic (exact) mass is 597 g/mol. The molecular weight excluding hydrogens is 567 g/mol. The van der Waals surface area contributed by atoms with Crippen LogP contribution in [-0.4, -0.2) is 59.4 Å². The van der Waals surface area contributed by atoms with E-state index in [2.05, 4.69) is 27.2 Å². The molecule has 3 heterocycles. The topological polar surface area (TPSA) is 133 Å². The molecule has 3 aromatic heterocycles. The van der Waals surface area contributed by atoms with Gasteiger partial charge in [0.2, 0.25) is 0 Å². The van der Waals surface area contributed by atoms with Gasteiger partial charge in [-0.2, -0.15) is 4.98 Å². The Morgan fingerprint density at radius 1 is 0.818 bits per heavy atom. The summed E-state index contributed by atoms with van der Waals surface area (Å²) in [6.07, 6.45) is 3.10. The van der Waals surface area contributed by atoms with E-state index in [1.165, 1.54) is 0 Å². The van der Waals surface area contributed by atoms with Crippen LogP contribution in [0.2, 0.25) is 0 Å². The number of aromatic nitrogens is 6. The van der Waals surface area contributed by atoms with Crippen molar-refractivity contribution in [1.29, 1.82) is 0 Å². The van der Waals surface area contributed by atoms with E-state index in [0.29, 0.717) is 35.3 Å². The number of hydrogen-bond donors (Lipinski definition) is 1. The zero-order chi connectivity index (χ0) is 29.8. The number of nitrogens with one attached hydrogen (secondary N) is 1. The fourth-order valence-electron chi connectivity index (χ4n) is 5.12. The van der Waals surface area contributed by atoms with Gasteiger partial charge in [-0.1, -0.05) is 90.4 Å². The van der Waals surface area contributed by atoms with E-state index < -0.39 is 5.76 Å². The molecule has 0 amide bonds. The first-order valence-corrected chi connectivity index (χ1v) is 14.2. The number of aryl methyl sites for hydroxylation is 2. The molecule has 6 rings (SSSR count). The van der Waals surface area contributed by atoms with Crippen LogP contribution >= 0.6 is 0 Å². The Hall–Kier alpha value is -4.38. The minimum Gasteiger partial charge on any atom is -0.334 e. The summed E-state index contributed by atoms with van der Waals surface area (Å²) in [7, 11) is 0. The molecule has 3 aromatic carbocycles. The second-order valence-electron chi connectivity index (χ2n) is 10.3. The Balaban J connectivity index is 0.00000384. The maximum absolute atomic E-state index is 13.9. The van der Waals surface area contributed by atoms with Crippen LogP contribution in [0.1, 0.15) is 48.2 Å². The van der Waals surface area contributed by atoms with E-state index in [0.717, 1.165) is 52.8 Å². The van der Waals surface area contributed by atoms with E-state index >= 15 is 0 Å². The average molecular weight is 598 g/mol. The van der Waals surface area contributed by atoms with Gasteiger partial charge in [0.05, 0.1) is 12.2 Å². The Kier molecular flexibility index (Phi) is 9.84. The average Bonchev–Trinajstić information content (AvgIpc) is 3.70. The van der Waals surface area contributed by atoms with Gasteiger partial charge in [0, 0.05) is 52.7 Å². The number of aromatic amines is 1. The van der Waals surface area contributed by atoms with Crippen LogP contribution in [0.4, 0.5) is 0 Å². The molecule has 11 heteroatoms. The molecular formula is C33H30N6NaO4. The SMILES string of the molecule is CCCCc1nc(C)n(Cc2noc(-c3ccccc3)n2)c(=O)c1Cc1ccc(-c2ccccc2-c2noc(=O)[nH]2)cc1.[Na]. The number of H-pyrrole nitrogens is 1. The van der Waals surface area contributed by atoms with Crippen molar-refractivity contribution in [3.05, 3.63) is 128 Å². The molecule has 0 spiro atoms. The summed E-state index contributed by atoms with van der Waals surface area (Å²) in [5, 5.41) is 7.97. The molecule has 0 aliphatic carbocycles. The molecule has 0 saturated carbocycles. The van der Waals surface area contributed by atoms with Crippen molar-refractivity contribution in [2.75, 3.05) is 0 Å². The molecule has 0 atom stereocenters. The first kappa shape index (κ1) is 31.1. The molecule has 0 saturated heterocycles. The molecule has 0 aliphatic rings. The summed E-state index contributed by atoms with van der Waals surface area (Å²) >= 11 is 0. The van der Waals surface area contributed by atoms with Gasteiger partial charge in [-0.3, -0.25) is 18.9 Å². The van der Waals surface area contributed by atoms with Crippen molar-refractivity contribution in [3.63, 3.8) is 0 Å². The normalized spacial score (nSPS) is 11.0. The Morgan fingerprint density at radius 2 is 1.55 bits per heavy atom. The summed E-state index contributed by atoms with van der Waals surface area (Å²) in [4.78, 5) is 37.5. The minimum absolute atomic E-state index is 0. The van der Waals surface area contributed by atoms with Gasteiger partial charge in [0.1, 0.15) is 5.82 Å². The maximum atomic E-state index is 13.9. The van der Waals surface area contributed by atoms with Gasteiger partial charge in [-0.05, 0) is 48.6 Å². The Morgan fingerprint density at radius 3 is 2.25 bits per heavy atom. The van der Waals surface area contributed by atoms with Crippen molar-refractivity contribution in [2.24, 2.45) is 0 Å². The van der Waals surface area contributed by atoms with Crippen molar-refractivity contribution in [2.45, 2.75) is 46.1 Å². The fourth-order valence-corrected chi connectivity index (χ4v) is 5.12. The van der Waals surface area contributed by atoms with E-state index in [9.17, 15) is 9.59 Å². The van der Waals surface area contributed by atoms with Gasteiger partial charge in [-0.25, -0.2) is 9.78 Å². The molecule has 0 fully saturated rings. The van der Waals surface area contributed by atoms with Crippen LogP contribution in [0, 0.1) is 6.92 Å². The van der Waals surface area contributed by atoms with Crippen LogP contribution in [0.25, 0.3) is 34.0 Å². The van der Waals surface area contributed by atoms with Gasteiger partial charge in [0.15, 0.2) is 11.6 Å². The van der Waals surface area contributed by atoms with Gasteiger partial charge >= 0.3 is 5.76 Å². The first-order chi connectivity index (χ1) is 21.0. The van der Waals surface area contributed by atoms with Crippen LogP contribution in [-0.2, 0) is 19.4 Å². The number of rotatable bonds is 10. The molecule has 217 valence electrons. The van der Waals surface area contributed by atoms with Crippen molar-refractivity contribution in [3.8, 4) is 34.0 Å². The van der Waals surface area contributed by atoms with Gasteiger partial charge in [0.25, 0.3) is 11.4 Å². The number of unbranched alkanes of at least 4 members (excludes halogenated alkanes) is 1. The standard InChI is InChI=1S/C33H30N6O4.Na/c1-3-4-14-28-27(32(40)39(21(2)34-28)20-29-35-31(42-37-29)24-10-6-5-7-11-24)19-22-15-17-23(18-16-22)25-12-8-9-13-26(25)30-36-33(41)43-38-30;/h5-13,15-18H,3-4,14,19-20H2,1-2H3,(H,36,38,41);. The van der Waals surface area contributed by atoms with E-state index in [4.69, 9.17) is 14.0 Å². The summed E-state index contributed by atoms with van der Waals surface area (Å²) in [6, 6.07) is 25.2. The Labute approximate surface area is 275 Å². The van der Waals surface area contributed by atoms with Crippen molar-refractivity contribution in [1.82, 2.24) is 29.8 Å². The van der Waals surface area contributed by atoms with E-state index in [-0.39, 0.29) is 41.7 Å². The quantitative estimate of drug-likeness (QED) is 0.213. The summed E-state index contributed by atoms with van der Waals surface area (Å²) < 4.78 is 11.8. The molecule has 6 aromatic rings. The third kappa shape index (κ3) is 6.72. The summed E-state index contributed by atoms with van der Waals surface area (Å²) in [5.41, 5.74) is 5.78. The fraction of sp³-hybridized carbons (Fsp3) is 0.212. The Bertz CT molecular complexity index is 1980. The van der Waals surface area contributed by atoms with Gasteiger partial charge in [-0.15, -0.1) is 0 Å². The number of benzene rings is 3. The van der Waals surface area contributed by atoms with Crippen LogP contribution < -0.4 is 11.3 Å². The number of hydrogen-bond acceptors (Lipinski definition) is 8. The van der Waals surface area contributed by atoms with Crippen LogP contribution in [0.5, 0.6) is 0 Å². The largest absolute Gasteiger partial charge is 0.439 e. The molecule has 0 unspecified atom stereocenters.